The summed E-state index contributed by atoms with van der Waals surface area (Å²) >= 11 is 6.01. The van der Waals surface area contributed by atoms with Gasteiger partial charge in [-0.15, -0.1) is 6.58 Å². The largest absolute Gasteiger partial charge is 0.507 e. The molecule has 0 saturated carbocycles. The van der Waals surface area contributed by atoms with E-state index < -0.39 is 0 Å². The Morgan fingerprint density at radius 1 is 1.35 bits per heavy atom. The van der Waals surface area contributed by atoms with Gasteiger partial charge in [-0.3, -0.25) is 0 Å². The number of aromatic hydroxyl groups is 1. The number of imidazole rings is 1. The van der Waals surface area contributed by atoms with Crippen molar-refractivity contribution >= 4 is 34.3 Å². The van der Waals surface area contributed by atoms with Crippen LogP contribution in [-0.4, -0.2) is 20.4 Å². The van der Waals surface area contributed by atoms with Crippen LogP contribution >= 0.6 is 11.6 Å². The number of hydrogen-bond acceptors (Lipinski definition) is 3. The molecule has 1 N–H and O–H groups in total. The Labute approximate surface area is 139 Å². The molecule has 3 aromatic rings. The summed E-state index contributed by atoms with van der Waals surface area (Å²) in [5, 5.41) is 10.6. The van der Waals surface area contributed by atoms with Crippen molar-refractivity contribution in [3.05, 3.63) is 65.7 Å². The van der Waals surface area contributed by atoms with Crippen molar-refractivity contribution in [3.8, 4) is 5.75 Å². The van der Waals surface area contributed by atoms with E-state index in [0.29, 0.717) is 28.8 Å². The Hall–Kier alpha value is -2.59. The van der Waals surface area contributed by atoms with E-state index in [1.54, 1.807) is 24.3 Å². The van der Waals surface area contributed by atoms with Crippen LogP contribution in [0.15, 0.2) is 60.1 Å². The van der Waals surface area contributed by atoms with Crippen molar-refractivity contribution in [3.63, 3.8) is 0 Å². The van der Waals surface area contributed by atoms with E-state index in [4.69, 9.17) is 11.6 Å². The first-order chi connectivity index (χ1) is 11.1. The fraction of sp³-hybridized carbons (Fsp3) is 0.111. The van der Waals surface area contributed by atoms with Crippen molar-refractivity contribution in [2.75, 3.05) is 0 Å². The van der Waals surface area contributed by atoms with Gasteiger partial charge in [-0.25, -0.2) is 9.98 Å². The first-order valence-corrected chi connectivity index (χ1v) is 7.58. The van der Waals surface area contributed by atoms with Crippen molar-refractivity contribution in [1.82, 2.24) is 9.55 Å². The smallest absolute Gasteiger partial charge is 0.231 e. The highest BCUT2D eigenvalue weighted by Crippen LogP contribution is 2.26. The lowest BCUT2D eigenvalue weighted by atomic mass is 10.1. The predicted molar refractivity (Wildman–Crippen MR) is 94.9 cm³/mol. The monoisotopic (exact) mass is 325 g/mol. The SMILES string of the molecule is C=CCn1c(N=C(C)c2cc(Cl)ccc2O)nc2ccccc21. The van der Waals surface area contributed by atoms with E-state index in [1.807, 2.05) is 35.8 Å². The molecule has 0 atom stereocenters. The van der Waals surface area contributed by atoms with Crippen LogP contribution in [0.2, 0.25) is 5.02 Å². The minimum atomic E-state index is 0.141. The molecule has 5 heteroatoms. The number of benzene rings is 2. The third kappa shape index (κ3) is 2.98. The molecule has 0 radical (unpaired) electrons. The van der Waals surface area contributed by atoms with E-state index in [0.717, 1.165) is 11.0 Å². The van der Waals surface area contributed by atoms with Gasteiger partial charge in [0.25, 0.3) is 0 Å². The highest BCUT2D eigenvalue weighted by molar-refractivity contribution is 6.31. The molecule has 4 nitrogen and oxygen atoms in total. The van der Waals surface area contributed by atoms with Crippen LogP contribution < -0.4 is 0 Å². The molecule has 23 heavy (non-hydrogen) atoms. The number of phenols is 1. The minimum Gasteiger partial charge on any atom is -0.507 e. The molecule has 0 aliphatic carbocycles. The summed E-state index contributed by atoms with van der Waals surface area (Å²) in [6.45, 7) is 6.22. The summed E-state index contributed by atoms with van der Waals surface area (Å²) in [5.74, 6) is 0.713. The third-order valence-electron chi connectivity index (χ3n) is 3.56. The van der Waals surface area contributed by atoms with Gasteiger partial charge in [0.1, 0.15) is 5.75 Å². The van der Waals surface area contributed by atoms with Gasteiger partial charge in [0, 0.05) is 17.1 Å². The summed E-state index contributed by atoms with van der Waals surface area (Å²) < 4.78 is 1.98. The highest BCUT2D eigenvalue weighted by Gasteiger charge is 2.11. The van der Waals surface area contributed by atoms with Crippen molar-refractivity contribution in [2.24, 2.45) is 4.99 Å². The number of aromatic nitrogens is 2. The fourth-order valence-electron chi connectivity index (χ4n) is 2.47. The Balaban J connectivity index is 2.14. The molecule has 2 aromatic carbocycles. The highest BCUT2D eigenvalue weighted by atomic mass is 35.5. The number of rotatable bonds is 4. The lowest BCUT2D eigenvalue weighted by molar-refractivity contribution is 0.474. The second-order valence-corrected chi connectivity index (χ2v) is 5.59. The van der Waals surface area contributed by atoms with Gasteiger partial charge in [-0.1, -0.05) is 29.8 Å². The van der Waals surface area contributed by atoms with E-state index >= 15 is 0 Å². The lowest BCUT2D eigenvalue weighted by Gasteiger charge is -2.06. The maximum Gasteiger partial charge on any atom is 0.231 e. The van der Waals surface area contributed by atoms with Crippen LogP contribution in [0.3, 0.4) is 0 Å². The summed E-state index contributed by atoms with van der Waals surface area (Å²) in [7, 11) is 0. The second kappa shape index (κ2) is 6.26. The maximum absolute atomic E-state index is 10.0. The van der Waals surface area contributed by atoms with Crippen molar-refractivity contribution < 1.29 is 5.11 Å². The average molecular weight is 326 g/mol. The van der Waals surface area contributed by atoms with Crippen LogP contribution in [0.1, 0.15) is 12.5 Å². The number of phenolic OH excluding ortho intramolecular Hbond substituents is 1. The molecule has 0 amide bonds. The van der Waals surface area contributed by atoms with Crippen LogP contribution in [0.4, 0.5) is 5.95 Å². The number of para-hydroxylation sites is 2. The fourth-order valence-corrected chi connectivity index (χ4v) is 2.64. The predicted octanol–water partition coefficient (Wildman–Crippen LogP) is 4.72. The van der Waals surface area contributed by atoms with Gasteiger partial charge in [-0.2, -0.15) is 0 Å². The Bertz CT molecular complexity index is 912. The van der Waals surface area contributed by atoms with Gasteiger partial charge in [0.15, 0.2) is 0 Å². The molecule has 1 aromatic heterocycles. The maximum atomic E-state index is 10.0. The van der Waals surface area contributed by atoms with Crippen molar-refractivity contribution in [2.45, 2.75) is 13.5 Å². The minimum absolute atomic E-state index is 0.141. The zero-order valence-electron chi connectivity index (χ0n) is 12.7. The quantitative estimate of drug-likeness (QED) is 0.557. The van der Waals surface area contributed by atoms with E-state index in [-0.39, 0.29) is 5.75 Å². The van der Waals surface area contributed by atoms with Crippen LogP contribution in [-0.2, 0) is 6.54 Å². The first kappa shape index (κ1) is 15.3. The summed E-state index contributed by atoms with van der Waals surface area (Å²) in [5.41, 5.74) is 3.10. The van der Waals surface area contributed by atoms with Crippen molar-refractivity contribution in [1.29, 1.82) is 0 Å². The Morgan fingerprint density at radius 3 is 2.91 bits per heavy atom. The number of hydrogen-bond donors (Lipinski definition) is 1. The lowest BCUT2D eigenvalue weighted by Crippen LogP contribution is -1.99. The van der Waals surface area contributed by atoms with Gasteiger partial charge >= 0.3 is 0 Å². The number of fused-ring (bicyclic) bond motifs is 1. The topological polar surface area (TPSA) is 50.4 Å². The average Bonchev–Trinajstić information content (AvgIpc) is 2.88. The molecule has 0 bridgehead atoms. The molecule has 0 aliphatic rings. The first-order valence-electron chi connectivity index (χ1n) is 7.20. The summed E-state index contributed by atoms with van der Waals surface area (Å²) in [4.78, 5) is 9.15. The molecular formula is C18H16ClN3O. The second-order valence-electron chi connectivity index (χ2n) is 5.16. The zero-order chi connectivity index (χ0) is 16.4. The van der Waals surface area contributed by atoms with E-state index in [2.05, 4.69) is 16.6 Å². The number of allylic oxidation sites excluding steroid dienone is 1. The van der Waals surface area contributed by atoms with Gasteiger partial charge in [-0.05, 0) is 37.3 Å². The van der Waals surface area contributed by atoms with Crippen LogP contribution in [0.5, 0.6) is 5.75 Å². The third-order valence-corrected chi connectivity index (χ3v) is 3.80. The summed E-state index contributed by atoms with van der Waals surface area (Å²) in [6, 6.07) is 12.7. The molecule has 0 aliphatic heterocycles. The van der Waals surface area contributed by atoms with E-state index in [9.17, 15) is 5.11 Å². The molecule has 0 saturated heterocycles. The molecule has 0 unspecified atom stereocenters. The summed E-state index contributed by atoms with van der Waals surface area (Å²) in [6.07, 6.45) is 1.80. The Morgan fingerprint density at radius 2 is 2.13 bits per heavy atom. The van der Waals surface area contributed by atoms with Gasteiger partial charge in [0.05, 0.1) is 16.7 Å². The van der Waals surface area contributed by atoms with Crippen LogP contribution in [0, 0.1) is 0 Å². The Kier molecular flexibility index (Phi) is 4.17. The molecular weight excluding hydrogens is 310 g/mol. The standard InChI is InChI=1S/C18H16ClN3O/c1-3-10-22-16-7-5-4-6-15(16)21-18(22)20-12(2)14-11-13(19)8-9-17(14)23/h3-9,11,23H,1,10H2,2H3. The van der Waals surface area contributed by atoms with Crippen LogP contribution in [0.25, 0.3) is 11.0 Å². The molecule has 0 fully saturated rings. The normalized spacial score (nSPS) is 11.8. The molecule has 3 rings (SSSR count). The number of aliphatic imine (C=N–C) groups is 1. The molecule has 116 valence electrons. The van der Waals surface area contributed by atoms with Gasteiger partial charge < -0.3 is 9.67 Å². The molecule has 0 spiro atoms. The number of halogens is 1. The molecule has 1 heterocycles. The number of nitrogens with zero attached hydrogens (tertiary/aromatic N) is 3. The zero-order valence-corrected chi connectivity index (χ0v) is 13.5. The van der Waals surface area contributed by atoms with Gasteiger partial charge in [0.2, 0.25) is 5.95 Å². The van der Waals surface area contributed by atoms with E-state index in [1.165, 1.54) is 0 Å².